The first-order valence-electron chi connectivity index (χ1n) is 8.06. The molecule has 1 aliphatic heterocycles. The highest BCUT2D eigenvalue weighted by Crippen LogP contribution is 2.19. The van der Waals surface area contributed by atoms with Gasteiger partial charge >= 0.3 is 0 Å². The Kier molecular flexibility index (Phi) is 5.21. The van der Waals surface area contributed by atoms with Crippen LogP contribution in [0.25, 0.3) is 0 Å². The van der Waals surface area contributed by atoms with Gasteiger partial charge in [-0.15, -0.1) is 11.3 Å². The van der Waals surface area contributed by atoms with Gasteiger partial charge in [0, 0.05) is 44.3 Å². The van der Waals surface area contributed by atoms with Crippen LogP contribution in [0.4, 0.5) is 5.82 Å². The molecule has 0 N–H and O–H groups in total. The van der Waals surface area contributed by atoms with Crippen molar-refractivity contribution in [3.63, 3.8) is 0 Å². The lowest BCUT2D eigenvalue weighted by molar-refractivity contribution is 0.247. The maximum Gasteiger partial charge on any atom is 0.146 e. The van der Waals surface area contributed by atoms with Crippen molar-refractivity contribution in [2.45, 2.75) is 26.3 Å². The molecule has 0 bridgehead atoms. The van der Waals surface area contributed by atoms with Gasteiger partial charge in [0.2, 0.25) is 0 Å². The third kappa shape index (κ3) is 3.87. The zero-order valence-electron chi connectivity index (χ0n) is 13.4. The normalized spacial score (nSPS) is 15.6. The fraction of sp³-hybridized carbons (Fsp3) is 0.471. The maximum absolute atomic E-state index is 9.21. The number of hydrogen-bond donors (Lipinski definition) is 0. The van der Waals surface area contributed by atoms with Crippen molar-refractivity contribution >= 4 is 17.2 Å². The molecule has 120 valence electrons. The first kappa shape index (κ1) is 15.9. The average Bonchev–Trinajstić information content (AvgIpc) is 3.03. The maximum atomic E-state index is 9.21. The molecule has 0 unspecified atom stereocenters. The average molecular weight is 327 g/mol. The molecule has 3 heterocycles. The predicted octanol–water partition coefficient (Wildman–Crippen LogP) is 2.68. The Bertz CT molecular complexity index is 682. The molecule has 0 atom stereocenters. The van der Waals surface area contributed by atoms with Crippen molar-refractivity contribution in [2.75, 3.05) is 31.1 Å². The number of aromatic nitrogens is 2. The van der Waals surface area contributed by atoms with Crippen molar-refractivity contribution in [2.24, 2.45) is 0 Å². The van der Waals surface area contributed by atoms with Crippen LogP contribution in [0.2, 0.25) is 0 Å². The minimum atomic E-state index is 0.657. The molecular weight excluding hydrogens is 306 g/mol. The molecule has 1 aliphatic rings. The second-order valence-electron chi connectivity index (χ2n) is 5.73. The SMILES string of the molecule is CCCc1nc(CN2CCN(c3ncccc3C#N)CC2)cs1. The molecule has 0 spiro atoms. The summed E-state index contributed by atoms with van der Waals surface area (Å²) in [7, 11) is 0. The molecule has 0 radical (unpaired) electrons. The van der Waals surface area contributed by atoms with Crippen molar-refractivity contribution in [1.82, 2.24) is 14.9 Å². The van der Waals surface area contributed by atoms with Gasteiger partial charge in [-0.3, -0.25) is 4.90 Å². The zero-order valence-corrected chi connectivity index (χ0v) is 14.2. The molecule has 0 aromatic carbocycles. The lowest BCUT2D eigenvalue weighted by Crippen LogP contribution is -2.46. The lowest BCUT2D eigenvalue weighted by atomic mass is 10.2. The number of thiazole rings is 1. The monoisotopic (exact) mass is 327 g/mol. The van der Waals surface area contributed by atoms with E-state index >= 15 is 0 Å². The quantitative estimate of drug-likeness (QED) is 0.845. The van der Waals surface area contributed by atoms with E-state index in [0.717, 1.165) is 51.4 Å². The second kappa shape index (κ2) is 7.53. The molecule has 2 aromatic rings. The number of rotatable bonds is 5. The molecule has 0 saturated carbocycles. The Morgan fingerprint density at radius 2 is 2.13 bits per heavy atom. The van der Waals surface area contributed by atoms with Gasteiger partial charge in [0.05, 0.1) is 16.3 Å². The highest BCUT2D eigenvalue weighted by molar-refractivity contribution is 7.09. The number of anilines is 1. The number of aryl methyl sites for hydroxylation is 1. The fourth-order valence-corrected chi connectivity index (χ4v) is 3.72. The zero-order chi connectivity index (χ0) is 16.1. The van der Waals surface area contributed by atoms with Crippen LogP contribution < -0.4 is 4.90 Å². The van der Waals surface area contributed by atoms with Crippen molar-refractivity contribution in [3.05, 3.63) is 40.0 Å². The molecular formula is C17H21N5S. The summed E-state index contributed by atoms with van der Waals surface area (Å²) in [4.78, 5) is 13.7. The largest absolute Gasteiger partial charge is 0.353 e. The van der Waals surface area contributed by atoms with Crippen LogP contribution in [0.5, 0.6) is 0 Å². The Labute approximate surface area is 141 Å². The molecule has 0 aliphatic carbocycles. The van der Waals surface area contributed by atoms with Gasteiger partial charge in [-0.2, -0.15) is 5.26 Å². The van der Waals surface area contributed by atoms with E-state index in [1.165, 1.54) is 10.7 Å². The predicted molar refractivity (Wildman–Crippen MR) is 92.6 cm³/mol. The number of hydrogen-bond acceptors (Lipinski definition) is 6. The smallest absolute Gasteiger partial charge is 0.146 e. The molecule has 0 amide bonds. The summed E-state index contributed by atoms with van der Waals surface area (Å²) in [6, 6.07) is 5.88. The fourth-order valence-electron chi connectivity index (χ4n) is 2.83. The first-order chi connectivity index (χ1) is 11.3. The van der Waals surface area contributed by atoms with Crippen LogP contribution in [-0.2, 0) is 13.0 Å². The van der Waals surface area contributed by atoms with E-state index < -0.39 is 0 Å². The van der Waals surface area contributed by atoms with Crippen LogP contribution >= 0.6 is 11.3 Å². The lowest BCUT2D eigenvalue weighted by Gasteiger charge is -2.35. The van der Waals surface area contributed by atoms with Gasteiger partial charge in [-0.05, 0) is 25.0 Å². The van der Waals surface area contributed by atoms with Crippen molar-refractivity contribution < 1.29 is 0 Å². The minimum Gasteiger partial charge on any atom is -0.353 e. The summed E-state index contributed by atoms with van der Waals surface area (Å²) < 4.78 is 0. The summed E-state index contributed by atoms with van der Waals surface area (Å²) in [5.74, 6) is 0.813. The van der Waals surface area contributed by atoms with Crippen LogP contribution in [0.15, 0.2) is 23.7 Å². The topological polar surface area (TPSA) is 56.1 Å². The van der Waals surface area contributed by atoms with E-state index in [2.05, 4.69) is 33.2 Å². The van der Waals surface area contributed by atoms with E-state index in [-0.39, 0.29) is 0 Å². The Hall–Kier alpha value is -1.97. The van der Waals surface area contributed by atoms with Crippen LogP contribution in [-0.4, -0.2) is 41.0 Å². The van der Waals surface area contributed by atoms with Crippen LogP contribution in [0, 0.1) is 11.3 Å². The summed E-state index contributed by atoms with van der Waals surface area (Å²) in [6.45, 7) is 6.86. The Balaban J connectivity index is 1.57. The molecule has 2 aromatic heterocycles. The van der Waals surface area contributed by atoms with E-state index in [1.807, 2.05) is 12.1 Å². The Morgan fingerprint density at radius 3 is 2.87 bits per heavy atom. The van der Waals surface area contributed by atoms with Gasteiger partial charge in [0.1, 0.15) is 11.9 Å². The van der Waals surface area contributed by atoms with Crippen LogP contribution in [0.1, 0.15) is 29.6 Å². The summed E-state index contributed by atoms with van der Waals surface area (Å²) in [5, 5.41) is 12.6. The second-order valence-corrected chi connectivity index (χ2v) is 6.67. The summed E-state index contributed by atoms with van der Waals surface area (Å²) in [6.07, 6.45) is 3.99. The van der Waals surface area contributed by atoms with Gasteiger partial charge in [0.15, 0.2) is 0 Å². The molecule has 23 heavy (non-hydrogen) atoms. The summed E-state index contributed by atoms with van der Waals surface area (Å²) in [5.41, 5.74) is 1.84. The molecule has 6 heteroatoms. The Morgan fingerprint density at radius 1 is 1.30 bits per heavy atom. The van der Waals surface area contributed by atoms with Crippen LogP contribution in [0.3, 0.4) is 0 Å². The number of nitrogens with zero attached hydrogens (tertiary/aromatic N) is 5. The minimum absolute atomic E-state index is 0.657. The molecule has 3 rings (SSSR count). The van der Waals surface area contributed by atoms with Gasteiger partial charge in [-0.1, -0.05) is 6.92 Å². The first-order valence-corrected chi connectivity index (χ1v) is 8.94. The summed E-state index contributed by atoms with van der Waals surface area (Å²) >= 11 is 1.77. The molecule has 5 nitrogen and oxygen atoms in total. The third-order valence-electron chi connectivity index (χ3n) is 4.03. The van der Waals surface area contributed by atoms with E-state index in [0.29, 0.717) is 5.56 Å². The van der Waals surface area contributed by atoms with Gasteiger partial charge in [0.25, 0.3) is 0 Å². The highest BCUT2D eigenvalue weighted by atomic mass is 32.1. The molecule has 1 fully saturated rings. The molecule has 1 saturated heterocycles. The standard InChI is InChI=1S/C17H21N5S/c1-2-4-16-20-15(13-23-16)12-21-7-9-22(10-8-21)17-14(11-18)5-3-6-19-17/h3,5-6,13H,2,4,7-10,12H2,1H3. The number of nitriles is 1. The van der Waals surface area contributed by atoms with E-state index in [1.54, 1.807) is 17.5 Å². The number of pyridine rings is 1. The van der Waals surface area contributed by atoms with E-state index in [9.17, 15) is 5.26 Å². The third-order valence-corrected chi connectivity index (χ3v) is 4.99. The number of piperazine rings is 1. The van der Waals surface area contributed by atoms with Crippen molar-refractivity contribution in [1.29, 1.82) is 5.26 Å². The highest BCUT2D eigenvalue weighted by Gasteiger charge is 2.20. The van der Waals surface area contributed by atoms with Gasteiger partial charge in [-0.25, -0.2) is 9.97 Å². The van der Waals surface area contributed by atoms with Crippen molar-refractivity contribution in [3.8, 4) is 6.07 Å². The van der Waals surface area contributed by atoms with E-state index in [4.69, 9.17) is 4.98 Å². The van der Waals surface area contributed by atoms with Gasteiger partial charge < -0.3 is 4.90 Å².